The lowest BCUT2D eigenvalue weighted by Gasteiger charge is -2.44. The molecule has 0 heterocycles. The van der Waals surface area contributed by atoms with Gasteiger partial charge in [-0.3, -0.25) is 0 Å². The first kappa shape index (κ1) is 11.0. The molecule has 0 aromatic heterocycles. The summed E-state index contributed by atoms with van der Waals surface area (Å²) >= 11 is 0. The van der Waals surface area contributed by atoms with Crippen molar-refractivity contribution in [3.8, 4) is 0 Å². The molecule has 1 aromatic carbocycles. The van der Waals surface area contributed by atoms with Crippen LogP contribution in [-0.4, -0.2) is 6.04 Å². The van der Waals surface area contributed by atoms with Gasteiger partial charge in [-0.1, -0.05) is 36.8 Å². The Balaban J connectivity index is 1.76. The average Bonchev–Trinajstić information content (AvgIpc) is 3.10. The number of hydrogen-bond donors (Lipinski definition) is 1. The van der Waals surface area contributed by atoms with Crippen LogP contribution in [0.3, 0.4) is 0 Å². The van der Waals surface area contributed by atoms with Crippen molar-refractivity contribution in [2.75, 3.05) is 0 Å². The third-order valence-corrected chi connectivity index (χ3v) is 6.32. The molecule has 1 spiro atoms. The van der Waals surface area contributed by atoms with E-state index < -0.39 is 0 Å². The van der Waals surface area contributed by atoms with Gasteiger partial charge >= 0.3 is 0 Å². The predicted octanol–water partition coefficient (Wildman–Crippen LogP) is 3.70. The Kier molecular flexibility index (Phi) is 2.35. The minimum absolute atomic E-state index is 0.463. The Bertz CT molecular complexity index is 436. The molecular weight excluding hydrogens is 218 g/mol. The number of rotatable bonds is 1. The molecule has 2 unspecified atom stereocenters. The highest BCUT2D eigenvalue weighted by atomic mass is 14.8. The van der Waals surface area contributed by atoms with E-state index >= 15 is 0 Å². The molecule has 18 heavy (non-hydrogen) atoms. The van der Waals surface area contributed by atoms with Gasteiger partial charge in [0, 0.05) is 6.04 Å². The van der Waals surface area contributed by atoms with Crippen LogP contribution in [0.25, 0.3) is 0 Å². The fourth-order valence-corrected chi connectivity index (χ4v) is 5.65. The summed E-state index contributed by atoms with van der Waals surface area (Å²) in [5.74, 6) is 2.49. The van der Waals surface area contributed by atoms with Gasteiger partial charge in [0.1, 0.15) is 0 Å². The van der Waals surface area contributed by atoms with Gasteiger partial charge in [-0.05, 0) is 60.8 Å². The quantitative estimate of drug-likeness (QED) is 0.797. The molecule has 0 radical (unpaired) electrons. The Morgan fingerprint density at radius 1 is 1.06 bits per heavy atom. The van der Waals surface area contributed by atoms with Crippen molar-refractivity contribution in [3.05, 3.63) is 35.9 Å². The van der Waals surface area contributed by atoms with Crippen LogP contribution in [0.2, 0.25) is 0 Å². The van der Waals surface area contributed by atoms with Crippen LogP contribution in [0.15, 0.2) is 30.3 Å². The Morgan fingerprint density at radius 3 is 2.61 bits per heavy atom. The van der Waals surface area contributed by atoms with Gasteiger partial charge in [0.15, 0.2) is 0 Å². The van der Waals surface area contributed by atoms with E-state index in [1.54, 1.807) is 5.56 Å². The van der Waals surface area contributed by atoms with Crippen LogP contribution in [0, 0.1) is 17.3 Å². The first-order valence-electron chi connectivity index (χ1n) is 7.63. The minimum atomic E-state index is 0.463. The Morgan fingerprint density at radius 2 is 1.89 bits per heavy atom. The average molecular weight is 241 g/mol. The molecule has 2 N–H and O–H groups in total. The summed E-state index contributed by atoms with van der Waals surface area (Å²) in [5, 5.41) is 0. The van der Waals surface area contributed by atoms with Crippen LogP contribution < -0.4 is 5.73 Å². The fourth-order valence-electron chi connectivity index (χ4n) is 5.65. The fraction of sp³-hybridized carbons (Fsp3) is 0.647. The molecule has 1 nitrogen and oxygen atoms in total. The maximum Gasteiger partial charge on any atom is 0.0133 e. The van der Waals surface area contributed by atoms with Crippen LogP contribution in [0.1, 0.15) is 50.0 Å². The SMILES string of the molecule is N[C@@H]1[C@@H]2CC[C@@H](C2)C12CCCC2c1ccccc1. The summed E-state index contributed by atoms with van der Waals surface area (Å²) < 4.78 is 0. The summed E-state index contributed by atoms with van der Waals surface area (Å²) in [6.45, 7) is 0. The maximum atomic E-state index is 6.69. The number of benzene rings is 1. The number of fused-ring (bicyclic) bond motifs is 3. The van der Waals surface area contributed by atoms with Crippen molar-refractivity contribution >= 4 is 0 Å². The van der Waals surface area contributed by atoms with E-state index in [2.05, 4.69) is 30.3 Å². The zero-order valence-electron chi connectivity index (χ0n) is 11.0. The predicted molar refractivity (Wildman–Crippen MR) is 74.3 cm³/mol. The first-order chi connectivity index (χ1) is 8.82. The topological polar surface area (TPSA) is 26.0 Å². The lowest BCUT2D eigenvalue weighted by Crippen LogP contribution is -2.47. The monoisotopic (exact) mass is 241 g/mol. The molecule has 4 rings (SSSR count). The smallest absolute Gasteiger partial charge is 0.0133 e. The van der Waals surface area contributed by atoms with Gasteiger partial charge in [0.25, 0.3) is 0 Å². The molecule has 0 amide bonds. The summed E-state index contributed by atoms with van der Waals surface area (Å²) in [7, 11) is 0. The van der Waals surface area contributed by atoms with Crippen LogP contribution in [-0.2, 0) is 0 Å². The second kappa shape index (κ2) is 3.84. The van der Waals surface area contributed by atoms with Crippen molar-refractivity contribution in [1.82, 2.24) is 0 Å². The second-order valence-electron chi connectivity index (χ2n) is 6.76. The summed E-state index contributed by atoms with van der Waals surface area (Å²) in [6.07, 6.45) is 8.40. The molecule has 1 aromatic rings. The lowest BCUT2D eigenvalue weighted by atomic mass is 9.62. The molecule has 3 fully saturated rings. The van der Waals surface area contributed by atoms with Crippen molar-refractivity contribution in [3.63, 3.8) is 0 Å². The van der Waals surface area contributed by atoms with E-state index in [0.717, 1.165) is 17.8 Å². The van der Waals surface area contributed by atoms with E-state index in [0.29, 0.717) is 11.5 Å². The van der Waals surface area contributed by atoms with E-state index in [9.17, 15) is 0 Å². The molecule has 2 bridgehead atoms. The normalized spacial score (nSPS) is 46.1. The van der Waals surface area contributed by atoms with Gasteiger partial charge in [-0.2, -0.15) is 0 Å². The molecule has 1 heteroatoms. The molecular formula is C17H23N. The van der Waals surface area contributed by atoms with E-state index in [1.165, 1.54) is 38.5 Å². The highest BCUT2D eigenvalue weighted by molar-refractivity contribution is 5.28. The largest absolute Gasteiger partial charge is 0.327 e. The van der Waals surface area contributed by atoms with Gasteiger partial charge in [-0.25, -0.2) is 0 Å². The Labute approximate surface area is 110 Å². The Hall–Kier alpha value is -0.820. The molecule has 3 saturated carbocycles. The number of nitrogens with two attached hydrogens (primary N) is 1. The third-order valence-electron chi connectivity index (χ3n) is 6.32. The molecule has 0 saturated heterocycles. The van der Waals surface area contributed by atoms with Crippen molar-refractivity contribution in [2.24, 2.45) is 23.0 Å². The third kappa shape index (κ3) is 1.26. The van der Waals surface area contributed by atoms with Gasteiger partial charge < -0.3 is 5.73 Å². The minimum Gasteiger partial charge on any atom is -0.327 e. The molecule has 0 aliphatic heterocycles. The lowest BCUT2D eigenvalue weighted by molar-refractivity contribution is 0.116. The standard InChI is InChI=1S/C17H23N/c18-16-13-8-9-14(11-13)17(16)10-4-7-15(17)12-5-2-1-3-6-12/h1-3,5-6,13-16H,4,7-11,18H2/t13-,14+,15?,16-,17?/m1/s1. The van der Waals surface area contributed by atoms with Crippen LogP contribution in [0.5, 0.6) is 0 Å². The van der Waals surface area contributed by atoms with E-state index in [-0.39, 0.29) is 0 Å². The van der Waals surface area contributed by atoms with E-state index in [1.807, 2.05) is 0 Å². The summed E-state index contributed by atoms with van der Waals surface area (Å²) in [4.78, 5) is 0. The molecule has 5 atom stereocenters. The molecule has 3 aliphatic carbocycles. The van der Waals surface area contributed by atoms with Crippen LogP contribution in [0.4, 0.5) is 0 Å². The van der Waals surface area contributed by atoms with E-state index in [4.69, 9.17) is 5.73 Å². The summed E-state index contributed by atoms with van der Waals surface area (Å²) in [6, 6.07) is 11.7. The zero-order chi connectivity index (χ0) is 12.2. The number of hydrogen-bond acceptors (Lipinski definition) is 1. The summed E-state index contributed by atoms with van der Waals surface area (Å²) in [5.41, 5.74) is 8.70. The zero-order valence-corrected chi connectivity index (χ0v) is 11.0. The van der Waals surface area contributed by atoms with Gasteiger partial charge in [0.2, 0.25) is 0 Å². The van der Waals surface area contributed by atoms with Crippen molar-refractivity contribution < 1.29 is 0 Å². The van der Waals surface area contributed by atoms with Crippen molar-refractivity contribution in [1.29, 1.82) is 0 Å². The molecule has 96 valence electrons. The maximum absolute atomic E-state index is 6.69. The van der Waals surface area contributed by atoms with Crippen molar-refractivity contribution in [2.45, 2.75) is 50.5 Å². The van der Waals surface area contributed by atoms with Crippen LogP contribution >= 0.6 is 0 Å². The van der Waals surface area contributed by atoms with Gasteiger partial charge in [-0.15, -0.1) is 0 Å². The van der Waals surface area contributed by atoms with Gasteiger partial charge in [0.05, 0.1) is 0 Å². The highest BCUT2D eigenvalue weighted by Gasteiger charge is 2.61. The second-order valence-corrected chi connectivity index (χ2v) is 6.76. The highest BCUT2D eigenvalue weighted by Crippen LogP contribution is 2.66. The molecule has 3 aliphatic rings. The first-order valence-corrected chi connectivity index (χ1v) is 7.63.